The third kappa shape index (κ3) is 2.94. The largest absolute Gasteiger partial charge is 0.399 e. The van der Waals surface area contributed by atoms with Crippen molar-refractivity contribution in [2.45, 2.75) is 13.3 Å². The van der Waals surface area contributed by atoms with Crippen LogP contribution in [0.4, 0.5) is 5.69 Å². The lowest BCUT2D eigenvalue weighted by Crippen LogP contribution is -1.93. The lowest BCUT2D eigenvalue weighted by molar-refractivity contribution is 0.101. The number of anilines is 1. The van der Waals surface area contributed by atoms with E-state index in [2.05, 4.69) is 0 Å². The Morgan fingerprint density at radius 2 is 1.41 bits per heavy atom. The second kappa shape index (κ2) is 4.83. The minimum atomic E-state index is 0.101. The van der Waals surface area contributed by atoms with Crippen molar-refractivity contribution in [2.75, 3.05) is 5.73 Å². The SMILES string of the molecule is CC(=O)c1ccc(Cc2ccc(N)cc2)cc1. The minimum Gasteiger partial charge on any atom is -0.399 e. The van der Waals surface area contributed by atoms with Crippen LogP contribution in [0.2, 0.25) is 0 Å². The maximum Gasteiger partial charge on any atom is 0.159 e. The van der Waals surface area contributed by atoms with Crippen LogP contribution in [0.5, 0.6) is 0 Å². The maximum absolute atomic E-state index is 11.1. The molecule has 0 saturated carbocycles. The molecule has 0 aliphatic carbocycles. The third-order valence-electron chi connectivity index (χ3n) is 2.75. The number of carbonyl (C=O) groups is 1. The summed E-state index contributed by atoms with van der Waals surface area (Å²) in [4.78, 5) is 11.1. The summed E-state index contributed by atoms with van der Waals surface area (Å²) in [6.45, 7) is 1.58. The average molecular weight is 225 g/mol. The van der Waals surface area contributed by atoms with Crippen molar-refractivity contribution in [3.63, 3.8) is 0 Å². The molecule has 86 valence electrons. The number of carbonyl (C=O) groups excluding carboxylic acids is 1. The number of benzene rings is 2. The Morgan fingerprint density at radius 1 is 0.941 bits per heavy atom. The van der Waals surface area contributed by atoms with Crippen LogP contribution in [0.25, 0.3) is 0 Å². The Hall–Kier alpha value is -2.09. The first-order chi connectivity index (χ1) is 8.15. The summed E-state index contributed by atoms with van der Waals surface area (Å²) in [5, 5.41) is 0. The van der Waals surface area contributed by atoms with Crippen molar-refractivity contribution in [3.05, 3.63) is 65.2 Å². The van der Waals surface area contributed by atoms with Crippen LogP contribution in [0, 0.1) is 0 Å². The Bertz CT molecular complexity index is 512. The molecule has 2 aromatic carbocycles. The highest BCUT2D eigenvalue weighted by Gasteiger charge is 2.00. The van der Waals surface area contributed by atoms with E-state index in [0.29, 0.717) is 0 Å². The van der Waals surface area contributed by atoms with E-state index in [1.54, 1.807) is 6.92 Å². The van der Waals surface area contributed by atoms with Crippen molar-refractivity contribution < 1.29 is 4.79 Å². The predicted octanol–water partition coefficient (Wildman–Crippen LogP) is 3.06. The lowest BCUT2D eigenvalue weighted by atomic mass is 10.0. The summed E-state index contributed by atoms with van der Waals surface area (Å²) in [6, 6.07) is 15.6. The van der Waals surface area contributed by atoms with E-state index in [4.69, 9.17) is 5.73 Å². The smallest absolute Gasteiger partial charge is 0.159 e. The van der Waals surface area contributed by atoms with Gasteiger partial charge in [0.15, 0.2) is 5.78 Å². The van der Waals surface area contributed by atoms with Crippen molar-refractivity contribution in [3.8, 4) is 0 Å². The third-order valence-corrected chi connectivity index (χ3v) is 2.75. The first-order valence-corrected chi connectivity index (χ1v) is 5.59. The fourth-order valence-corrected chi connectivity index (χ4v) is 1.73. The molecule has 2 rings (SSSR count). The molecule has 0 atom stereocenters. The molecule has 0 heterocycles. The zero-order valence-electron chi connectivity index (χ0n) is 9.81. The molecule has 0 radical (unpaired) electrons. The fourth-order valence-electron chi connectivity index (χ4n) is 1.73. The van der Waals surface area contributed by atoms with Gasteiger partial charge in [0, 0.05) is 11.3 Å². The van der Waals surface area contributed by atoms with Crippen molar-refractivity contribution in [1.29, 1.82) is 0 Å². The van der Waals surface area contributed by atoms with E-state index < -0.39 is 0 Å². The van der Waals surface area contributed by atoms with Crippen molar-refractivity contribution in [1.82, 2.24) is 0 Å². The molecule has 0 fully saturated rings. The number of rotatable bonds is 3. The molecule has 17 heavy (non-hydrogen) atoms. The molecular formula is C15H15NO. The summed E-state index contributed by atoms with van der Waals surface area (Å²) < 4.78 is 0. The molecule has 0 aliphatic rings. The van der Waals surface area contributed by atoms with Gasteiger partial charge in [-0.3, -0.25) is 4.79 Å². The van der Waals surface area contributed by atoms with Gasteiger partial charge >= 0.3 is 0 Å². The van der Waals surface area contributed by atoms with Gasteiger partial charge in [0.1, 0.15) is 0 Å². The van der Waals surface area contributed by atoms with Gasteiger partial charge in [0.05, 0.1) is 0 Å². The highest BCUT2D eigenvalue weighted by molar-refractivity contribution is 5.94. The molecule has 0 aliphatic heterocycles. The number of hydrogen-bond donors (Lipinski definition) is 1. The molecule has 0 bridgehead atoms. The van der Waals surface area contributed by atoms with E-state index in [1.807, 2.05) is 48.5 Å². The monoisotopic (exact) mass is 225 g/mol. The Morgan fingerprint density at radius 3 is 1.88 bits per heavy atom. The first-order valence-electron chi connectivity index (χ1n) is 5.59. The van der Waals surface area contributed by atoms with Gasteiger partial charge in [-0.05, 0) is 36.6 Å². The van der Waals surface area contributed by atoms with Crippen molar-refractivity contribution in [2.24, 2.45) is 0 Å². The Kier molecular flexibility index (Phi) is 3.24. The standard InChI is InChI=1S/C15H15NO/c1-11(17)14-6-2-12(3-7-14)10-13-4-8-15(16)9-5-13/h2-9H,10,16H2,1H3. The van der Waals surface area contributed by atoms with Crippen LogP contribution in [-0.4, -0.2) is 5.78 Å². The van der Waals surface area contributed by atoms with E-state index in [-0.39, 0.29) is 5.78 Å². The quantitative estimate of drug-likeness (QED) is 0.644. The summed E-state index contributed by atoms with van der Waals surface area (Å²) >= 11 is 0. The minimum absolute atomic E-state index is 0.101. The highest BCUT2D eigenvalue weighted by Crippen LogP contribution is 2.12. The number of nitrogen functional groups attached to an aromatic ring is 1. The molecule has 0 spiro atoms. The average Bonchev–Trinajstić information content (AvgIpc) is 2.33. The molecule has 2 nitrogen and oxygen atoms in total. The topological polar surface area (TPSA) is 43.1 Å². The van der Waals surface area contributed by atoms with Crippen LogP contribution in [0.1, 0.15) is 28.4 Å². The first kappa shape index (κ1) is 11.4. The van der Waals surface area contributed by atoms with Crippen LogP contribution in [0.3, 0.4) is 0 Å². The summed E-state index contributed by atoms with van der Waals surface area (Å²) in [5.74, 6) is 0.101. The van der Waals surface area contributed by atoms with Crippen LogP contribution in [0.15, 0.2) is 48.5 Å². The van der Waals surface area contributed by atoms with Gasteiger partial charge in [-0.25, -0.2) is 0 Å². The van der Waals surface area contributed by atoms with Gasteiger partial charge in [-0.1, -0.05) is 36.4 Å². The lowest BCUT2D eigenvalue weighted by Gasteiger charge is -2.03. The Labute approximate surface area is 101 Å². The van der Waals surface area contributed by atoms with E-state index in [9.17, 15) is 4.79 Å². The van der Waals surface area contributed by atoms with Crippen LogP contribution in [-0.2, 0) is 6.42 Å². The Balaban J connectivity index is 2.13. The number of nitrogens with two attached hydrogens (primary N) is 1. The zero-order chi connectivity index (χ0) is 12.3. The van der Waals surface area contributed by atoms with E-state index in [0.717, 1.165) is 17.7 Å². The molecule has 0 aromatic heterocycles. The maximum atomic E-state index is 11.1. The predicted molar refractivity (Wildman–Crippen MR) is 70.1 cm³/mol. The van der Waals surface area contributed by atoms with Crippen molar-refractivity contribution >= 4 is 11.5 Å². The molecule has 0 saturated heterocycles. The second-order valence-corrected chi connectivity index (χ2v) is 4.17. The number of Topliss-reactive ketones (excluding diaryl/α,β-unsaturated/α-hetero) is 1. The van der Waals surface area contributed by atoms with Gasteiger partial charge < -0.3 is 5.73 Å². The van der Waals surface area contributed by atoms with E-state index in [1.165, 1.54) is 11.1 Å². The molecule has 2 aromatic rings. The normalized spacial score (nSPS) is 10.2. The highest BCUT2D eigenvalue weighted by atomic mass is 16.1. The van der Waals surface area contributed by atoms with Gasteiger partial charge in [-0.15, -0.1) is 0 Å². The summed E-state index contributed by atoms with van der Waals surface area (Å²) in [5.41, 5.74) is 9.58. The van der Waals surface area contributed by atoms with Crippen LogP contribution >= 0.6 is 0 Å². The van der Waals surface area contributed by atoms with Crippen LogP contribution < -0.4 is 5.73 Å². The van der Waals surface area contributed by atoms with Gasteiger partial charge in [0.25, 0.3) is 0 Å². The summed E-state index contributed by atoms with van der Waals surface area (Å²) in [6.07, 6.45) is 0.860. The van der Waals surface area contributed by atoms with E-state index >= 15 is 0 Å². The molecular weight excluding hydrogens is 210 g/mol. The second-order valence-electron chi connectivity index (χ2n) is 4.17. The number of ketones is 1. The molecule has 2 N–H and O–H groups in total. The van der Waals surface area contributed by atoms with Gasteiger partial charge in [-0.2, -0.15) is 0 Å². The van der Waals surface area contributed by atoms with Gasteiger partial charge in [0.2, 0.25) is 0 Å². The zero-order valence-corrected chi connectivity index (χ0v) is 9.81. The molecule has 2 heteroatoms. The summed E-state index contributed by atoms with van der Waals surface area (Å²) in [7, 11) is 0. The molecule has 0 amide bonds. The fraction of sp³-hybridized carbons (Fsp3) is 0.133. The number of hydrogen-bond acceptors (Lipinski definition) is 2. The molecule has 0 unspecified atom stereocenters.